The normalized spacial score (nSPS) is 15.9. The summed E-state index contributed by atoms with van der Waals surface area (Å²) in [5.41, 5.74) is 3.15. The quantitative estimate of drug-likeness (QED) is 0.899. The monoisotopic (exact) mass is 339 g/mol. The number of phenolic OH excluding ortho intramolecular Hbond substituents is 1. The van der Waals surface area contributed by atoms with Gasteiger partial charge in [0.1, 0.15) is 5.75 Å². The summed E-state index contributed by atoms with van der Waals surface area (Å²) in [6.07, 6.45) is 0. The zero-order valence-corrected chi connectivity index (χ0v) is 14.8. The van der Waals surface area contributed by atoms with E-state index in [1.54, 1.807) is 18.2 Å². The van der Waals surface area contributed by atoms with Crippen LogP contribution in [0.15, 0.2) is 42.5 Å². The fourth-order valence-electron chi connectivity index (χ4n) is 2.97. The predicted molar refractivity (Wildman–Crippen MR) is 100 cm³/mol. The number of nitrogens with zero attached hydrogens (tertiary/aromatic N) is 2. The highest BCUT2D eigenvalue weighted by Gasteiger charge is 2.15. The van der Waals surface area contributed by atoms with Crippen LogP contribution >= 0.6 is 0 Å². The van der Waals surface area contributed by atoms with Crippen molar-refractivity contribution in [2.45, 2.75) is 13.5 Å². The molecular formula is C20H25N3O2. The largest absolute Gasteiger partial charge is 0.508 e. The summed E-state index contributed by atoms with van der Waals surface area (Å²) in [6.45, 7) is 6.95. The third kappa shape index (κ3) is 4.59. The van der Waals surface area contributed by atoms with Crippen molar-refractivity contribution in [3.05, 3.63) is 59.2 Å². The number of anilines is 1. The first kappa shape index (κ1) is 17.5. The predicted octanol–water partition coefficient (Wildman–Crippen LogP) is 2.70. The maximum absolute atomic E-state index is 12.5. The summed E-state index contributed by atoms with van der Waals surface area (Å²) in [5.74, 6) is 0.0186. The summed E-state index contributed by atoms with van der Waals surface area (Å²) < 4.78 is 0. The van der Waals surface area contributed by atoms with Gasteiger partial charge in [-0.2, -0.15) is 0 Å². The number of piperazine rings is 1. The minimum absolute atomic E-state index is 0.163. The molecule has 132 valence electrons. The van der Waals surface area contributed by atoms with Crippen LogP contribution in [0.1, 0.15) is 21.5 Å². The highest BCUT2D eigenvalue weighted by Crippen LogP contribution is 2.21. The van der Waals surface area contributed by atoms with E-state index < -0.39 is 0 Å². The Morgan fingerprint density at radius 3 is 2.60 bits per heavy atom. The number of aromatic hydroxyl groups is 1. The molecule has 0 spiro atoms. The maximum Gasteiger partial charge on any atom is 0.255 e. The molecule has 1 aliphatic rings. The lowest BCUT2D eigenvalue weighted by Gasteiger charge is -2.32. The second-order valence-corrected chi connectivity index (χ2v) is 6.74. The second kappa shape index (κ2) is 7.68. The first-order valence-corrected chi connectivity index (χ1v) is 8.62. The molecule has 2 aromatic rings. The van der Waals surface area contributed by atoms with Gasteiger partial charge in [-0.15, -0.1) is 0 Å². The van der Waals surface area contributed by atoms with Crippen molar-refractivity contribution in [1.82, 2.24) is 9.80 Å². The Balaban J connectivity index is 1.65. The summed E-state index contributed by atoms with van der Waals surface area (Å²) in [4.78, 5) is 17.2. The topological polar surface area (TPSA) is 55.8 Å². The van der Waals surface area contributed by atoms with Crippen molar-refractivity contribution in [3.63, 3.8) is 0 Å². The molecule has 1 amide bonds. The summed E-state index contributed by atoms with van der Waals surface area (Å²) >= 11 is 0. The number of carbonyl (C=O) groups is 1. The van der Waals surface area contributed by atoms with Crippen molar-refractivity contribution in [2.24, 2.45) is 0 Å². The molecule has 1 heterocycles. The Hall–Kier alpha value is -2.37. The van der Waals surface area contributed by atoms with Gasteiger partial charge in [-0.3, -0.25) is 9.69 Å². The average molecular weight is 339 g/mol. The number of likely N-dealkylation sites (N-methyl/N-ethyl adjacent to an activating group) is 1. The summed E-state index contributed by atoms with van der Waals surface area (Å²) in [7, 11) is 2.14. The van der Waals surface area contributed by atoms with E-state index in [4.69, 9.17) is 0 Å². The summed E-state index contributed by atoms with van der Waals surface area (Å²) in [6, 6.07) is 12.9. The van der Waals surface area contributed by atoms with Gasteiger partial charge in [0, 0.05) is 50.0 Å². The van der Waals surface area contributed by atoms with E-state index in [2.05, 4.69) is 28.2 Å². The molecule has 0 saturated carbocycles. The molecule has 2 N–H and O–H groups in total. The molecule has 1 saturated heterocycles. The molecule has 1 fully saturated rings. The van der Waals surface area contributed by atoms with E-state index in [0.29, 0.717) is 11.3 Å². The van der Waals surface area contributed by atoms with Gasteiger partial charge >= 0.3 is 0 Å². The SMILES string of the molecule is Cc1ccc(NC(=O)c2cccc(CN3CCN(C)CC3)c2)cc1O. The van der Waals surface area contributed by atoms with E-state index >= 15 is 0 Å². The number of hydrogen-bond acceptors (Lipinski definition) is 4. The number of amides is 1. The fraction of sp³-hybridized carbons (Fsp3) is 0.350. The zero-order chi connectivity index (χ0) is 17.8. The Bertz CT molecular complexity index is 752. The first-order valence-electron chi connectivity index (χ1n) is 8.62. The molecule has 0 atom stereocenters. The molecule has 2 aromatic carbocycles. The summed E-state index contributed by atoms with van der Waals surface area (Å²) in [5, 5.41) is 12.6. The van der Waals surface area contributed by atoms with Crippen molar-refractivity contribution in [2.75, 3.05) is 38.5 Å². The van der Waals surface area contributed by atoms with Crippen LogP contribution in [0, 0.1) is 6.92 Å². The van der Waals surface area contributed by atoms with E-state index in [1.807, 2.05) is 25.1 Å². The van der Waals surface area contributed by atoms with Gasteiger partial charge in [-0.25, -0.2) is 0 Å². The number of nitrogens with one attached hydrogen (secondary N) is 1. The standard InChI is InChI=1S/C20H25N3O2/c1-15-6-7-18(13-19(15)24)21-20(25)17-5-3-4-16(12-17)14-23-10-8-22(2)9-11-23/h3-7,12-13,24H,8-11,14H2,1-2H3,(H,21,25). The lowest BCUT2D eigenvalue weighted by Crippen LogP contribution is -2.43. The lowest BCUT2D eigenvalue weighted by atomic mass is 10.1. The number of benzene rings is 2. The Morgan fingerprint density at radius 1 is 1.12 bits per heavy atom. The third-order valence-electron chi connectivity index (χ3n) is 4.66. The molecule has 3 rings (SSSR count). The molecule has 5 heteroatoms. The Morgan fingerprint density at radius 2 is 1.88 bits per heavy atom. The molecule has 0 aromatic heterocycles. The van der Waals surface area contributed by atoms with Crippen LogP contribution in [0.5, 0.6) is 5.75 Å². The smallest absolute Gasteiger partial charge is 0.255 e. The van der Waals surface area contributed by atoms with Crippen molar-refractivity contribution >= 4 is 11.6 Å². The van der Waals surface area contributed by atoms with Crippen LogP contribution in [0.4, 0.5) is 5.69 Å². The van der Waals surface area contributed by atoms with Gasteiger partial charge in [-0.1, -0.05) is 18.2 Å². The van der Waals surface area contributed by atoms with Crippen LogP contribution in [0.25, 0.3) is 0 Å². The minimum Gasteiger partial charge on any atom is -0.508 e. The highest BCUT2D eigenvalue weighted by molar-refractivity contribution is 6.04. The van der Waals surface area contributed by atoms with E-state index in [-0.39, 0.29) is 11.7 Å². The number of phenols is 1. The van der Waals surface area contributed by atoms with E-state index in [0.717, 1.165) is 43.9 Å². The third-order valence-corrected chi connectivity index (χ3v) is 4.66. The second-order valence-electron chi connectivity index (χ2n) is 6.74. The number of hydrogen-bond donors (Lipinski definition) is 2. The Kier molecular flexibility index (Phi) is 5.36. The van der Waals surface area contributed by atoms with E-state index in [9.17, 15) is 9.90 Å². The first-order chi connectivity index (χ1) is 12.0. The minimum atomic E-state index is -0.163. The van der Waals surface area contributed by atoms with Crippen LogP contribution in [0.2, 0.25) is 0 Å². The fourth-order valence-corrected chi connectivity index (χ4v) is 2.97. The zero-order valence-electron chi connectivity index (χ0n) is 14.8. The lowest BCUT2D eigenvalue weighted by molar-refractivity contribution is 0.102. The number of carbonyl (C=O) groups excluding carboxylic acids is 1. The molecule has 1 aliphatic heterocycles. The van der Waals surface area contributed by atoms with Crippen molar-refractivity contribution in [1.29, 1.82) is 0 Å². The molecule has 0 radical (unpaired) electrons. The van der Waals surface area contributed by atoms with Crippen molar-refractivity contribution in [3.8, 4) is 5.75 Å². The molecule has 5 nitrogen and oxygen atoms in total. The average Bonchev–Trinajstić information content (AvgIpc) is 2.60. The highest BCUT2D eigenvalue weighted by atomic mass is 16.3. The number of rotatable bonds is 4. The van der Waals surface area contributed by atoms with Gasteiger partial charge in [0.25, 0.3) is 5.91 Å². The molecule has 25 heavy (non-hydrogen) atoms. The van der Waals surface area contributed by atoms with Gasteiger partial charge in [0.15, 0.2) is 0 Å². The van der Waals surface area contributed by atoms with Gasteiger partial charge in [-0.05, 0) is 43.3 Å². The number of aryl methyl sites for hydroxylation is 1. The van der Waals surface area contributed by atoms with Gasteiger partial charge < -0.3 is 15.3 Å². The molecule has 0 unspecified atom stereocenters. The molecule has 0 bridgehead atoms. The Labute approximate surface area is 148 Å². The van der Waals surface area contributed by atoms with Crippen molar-refractivity contribution < 1.29 is 9.90 Å². The van der Waals surface area contributed by atoms with Gasteiger partial charge in [0.2, 0.25) is 0 Å². The van der Waals surface area contributed by atoms with Crippen LogP contribution in [-0.4, -0.2) is 54.0 Å². The van der Waals surface area contributed by atoms with Crippen LogP contribution in [-0.2, 0) is 6.54 Å². The van der Waals surface area contributed by atoms with Crippen LogP contribution < -0.4 is 5.32 Å². The molecule has 0 aliphatic carbocycles. The van der Waals surface area contributed by atoms with E-state index in [1.165, 1.54) is 0 Å². The molecular weight excluding hydrogens is 314 g/mol. The maximum atomic E-state index is 12.5. The van der Waals surface area contributed by atoms with Gasteiger partial charge in [0.05, 0.1) is 0 Å². The van der Waals surface area contributed by atoms with Crippen LogP contribution in [0.3, 0.4) is 0 Å².